The van der Waals surface area contributed by atoms with E-state index in [9.17, 15) is 14.5 Å². The molecule has 5 aromatic rings. The van der Waals surface area contributed by atoms with Gasteiger partial charge in [-0.3, -0.25) is 14.5 Å². The average Bonchev–Trinajstić information content (AvgIpc) is 3.19. The minimum atomic E-state index is -0.449. The van der Waals surface area contributed by atoms with Crippen LogP contribution < -0.4 is 0 Å². The lowest BCUT2D eigenvalue weighted by molar-refractivity contribution is -0.384. The molecule has 0 aliphatic carbocycles. The van der Waals surface area contributed by atoms with Crippen LogP contribution in [0.15, 0.2) is 72.9 Å². The molecule has 140 valence electrons. The molecule has 0 N–H and O–H groups in total. The van der Waals surface area contributed by atoms with Crippen molar-refractivity contribution < 1.29 is 9.31 Å². The van der Waals surface area contributed by atoms with Crippen molar-refractivity contribution >= 4 is 22.4 Å². The van der Waals surface area contributed by atoms with Crippen molar-refractivity contribution in [3.05, 3.63) is 88.9 Å². The maximum absolute atomic E-state index is 13.4. The van der Waals surface area contributed by atoms with E-state index in [1.807, 2.05) is 22.6 Å². The van der Waals surface area contributed by atoms with E-state index in [0.717, 1.165) is 16.5 Å². The van der Waals surface area contributed by atoms with Crippen molar-refractivity contribution in [2.24, 2.45) is 0 Å². The highest BCUT2D eigenvalue weighted by Gasteiger charge is 2.17. The van der Waals surface area contributed by atoms with Crippen LogP contribution in [0.5, 0.6) is 0 Å². The number of nitro benzene ring substituents is 1. The highest BCUT2D eigenvalue weighted by molar-refractivity contribution is 5.91. The van der Waals surface area contributed by atoms with Gasteiger partial charge in [0.2, 0.25) is 0 Å². The Morgan fingerprint density at radius 2 is 1.62 bits per heavy atom. The molecule has 3 aromatic heterocycles. The van der Waals surface area contributed by atoms with Crippen LogP contribution in [-0.2, 0) is 0 Å². The number of pyridine rings is 2. The Hall–Kier alpha value is -4.20. The van der Waals surface area contributed by atoms with Crippen LogP contribution in [0.3, 0.4) is 0 Å². The average molecular weight is 385 g/mol. The van der Waals surface area contributed by atoms with Crippen LogP contribution in [0.4, 0.5) is 10.1 Å². The summed E-state index contributed by atoms with van der Waals surface area (Å²) in [5, 5.41) is 20.5. The van der Waals surface area contributed by atoms with E-state index in [4.69, 9.17) is 0 Å². The Morgan fingerprint density at radius 1 is 0.897 bits per heavy atom. The van der Waals surface area contributed by atoms with Gasteiger partial charge in [-0.1, -0.05) is 12.1 Å². The van der Waals surface area contributed by atoms with E-state index >= 15 is 0 Å². The predicted molar refractivity (Wildman–Crippen MR) is 106 cm³/mol. The molecule has 7 nitrogen and oxygen atoms in total. The normalized spacial score (nSPS) is 11.2. The fraction of sp³-hybridized carbons (Fsp3) is 0. The first kappa shape index (κ1) is 16.9. The molecule has 0 spiro atoms. The molecule has 0 amide bonds. The zero-order valence-electron chi connectivity index (χ0n) is 14.9. The molecular weight excluding hydrogens is 373 g/mol. The molecule has 0 aliphatic heterocycles. The van der Waals surface area contributed by atoms with Crippen molar-refractivity contribution in [1.29, 1.82) is 0 Å². The first-order valence-electron chi connectivity index (χ1n) is 8.75. The maximum atomic E-state index is 13.4. The molecule has 8 heteroatoms. The molecule has 0 fully saturated rings. The van der Waals surface area contributed by atoms with Crippen LogP contribution in [-0.4, -0.2) is 24.5 Å². The van der Waals surface area contributed by atoms with Crippen LogP contribution in [0.2, 0.25) is 0 Å². The summed E-state index contributed by atoms with van der Waals surface area (Å²) in [6.45, 7) is 0. The van der Waals surface area contributed by atoms with E-state index in [2.05, 4.69) is 15.2 Å². The Bertz CT molecular complexity index is 1380. The first-order chi connectivity index (χ1) is 14.1. The van der Waals surface area contributed by atoms with Crippen molar-refractivity contribution in [1.82, 2.24) is 19.6 Å². The summed E-state index contributed by atoms with van der Waals surface area (Å²) in [6, 6.07) is 18.0. The Balaban J connectivity index is 1.81. The lowest BCUT2D eigenvalue weighted by Crippen LogP contribution is -1.97. The quantitative estimate of drug-likeness (QED) is 0.333. The summed E-state index contributed by atoms with van der Waals surface area (Å²) in [4.78, 5) is 15.0. The molecule has 0 saturated heterocycles. The number of benzene rings is 2. The van der Waals surface area contributed by atoms with E-state index < -0.39 is 4.92 Å². The van der Waals surface area contributed by atoms with Gasteiger partial charge in [0.25, 0.3) is 5.69 Å². The number of fused-ring (bicyclic) bond motifs is 3. The van der Waals surface area contributed by atoms with Crippen molar-refractivity contribution in [3.8, 4) is 22.5 Å². The van der Waals surface area contributed by atoms with Gasteiger partial charge in [0.15, 0.2) is 11.5 Å². The highest BCUT2D eigenvalue weighted by Crippen LogP contribution is 2.31. The van der Waals surface area contributed by atoms with Gasteiger partial charge in [-0.2, -0.15) is 0 Å². The smallest absolute Gasteiger partial charge is 0.258 e. The van der Waals surface area contributed by atoms with Gasteiger partial charge < -0.3 is 0 Å². The zero-order chi connectivity index (χ0) is 20.0. The molecule has 0 atom stereocenters. The van der Waals surface area contributed by atoms with E-state index in [0.29, 0.717) is 22.7 Å². The van der Waals surface area contributed by atoms with Gasteiger partial charge in [0, 0.05) is 34.8 Å². The number of non-ortho nitro benzene ring substituents is 1. The van der Waals surface area contributed by atoms with Gasteiger partial charge in [0.05, 0.1) is 4.92 Å². The third kappa shape index (κ3) is 2.78. The Kier molecular flexibility index (Phi) is 3.77. The number of rotatable bonds is 3. The van der Waals surface area contributed by atoms with Gasteiger partial charge in [-0.15, -0.1) is 10.2 Å². The van der Waals surface area contributed by atoms with E-state index in [1.165, 1.54) is 24.3 Å². The van der Waals surface area contributed by atoms with Crippen molar-refractivity contribution in [2.75, 3.05) is 0 Å². The largest absolute Gasteiger partial charge is 0.269 e. The van der Waals surface area contributed by atoms with Gasteiger partial charge in [-0.05, 0) is 48.0 Å². The topological polar surface area (TPSA) is 86.2 Å². The number of aromatic nitrogens is 4. The predicted octanol–water partition coefficient (Wildman–Crippen LogP) is 4.66. The van der Waals surface area contributed by atoms with Crippen LogP contribution in [0.25, 0.3) is 39.2 Å². The summed E-state index contributed by atoms with van der Waals surface area (Å²) in [5.74, 6) is 0.197. The molecule has 0 bridgehead atoms. The number of halogens is 1. The summed E-state index contributed by atoms with van der Waals surface area (Å²) in [5.41, 5.74) is 3.47. The SMILES string of the molecule is O=[N+]([O-])c1ccc(-c2nnc3c(-c4ccc(F)cc4)cc4cccnc4n23)cc1. The molecule has 0 radical (unpaired) electrons. The van der Waals surface area contributed by atoms with Gasteiger partial charge in [0.1, 0.15) is 11.5 Å². The summed E-state index contributed by atoms with van der Waals surface area (Å²) >= 11 is 0. The number of hydrogen-bond acceptors (Lipinski definition) is 5. The minimum Gasteiger partial charge on any atom is -0.258 e. The molecule has 0 unspecified atom stereocenters. The molecule has 29 heavy (non-hydrogen) atoms. The Labute approximate surface area is 163 Å². The fourth-order valence-electron chi connectivity index (χ4n) is 3.35. The fourth-order valence-corrected chi connectivity index (χ4v) is 3.35. The second kappa shape index (κ2) is 6.45. The molecule has 0 saturated carbocycles. The van der Waals surface area contributed by atoms with Gasteiger partial charge >= 0.3 is 0 Å². The monoisotopic (exact) mass is 385 g/mol. The van der Waals surface area contributed by atoms with E-state index in [-0.39, 0.29) is 11.5 Å². The number of nitro groups is 1. The lowest BCUT2D eigenvalue weighted by atomic mass is 10.1. The van der Waals surface area contributed by atoms with E-state index in [1.54, 1.807) is 30.5 Å². The maximum Gasteiger partial charge on any atom is 0.269 e. The zero-order valence-corrected chi connectivity index (χ0v) is 14.9. The molecule has 3 heterocycles. The summed E-state index contributed by atoms with van der Waals surface area (Å²) in [6.07, 6.45) is 1.68. The molecule has 5 rings (SSSR count). The lowest BCUT2D eigenvalue weighted by Gasteiger charge is -2.09. The van der Waals surface area contributed by atoms with Crippen LogP contribution in [0, 0.1) is 15.9 Å². The van der Waals surface area contributed by atoms with Crippen molar-refractivity contribution in [3.63, 3.8) is 0 Å². The molecule has 0 aliphatic rings. The van der Waals surface area contributed by atoms with Gasteiger partial charge in [-0.25, -0.2) is 9.37 Å². The third-order valence-corrected chi connectivity index (χ3v) is 4.72. The minimum absolute atomic E-state index is 0.00226. The second-order valence-corrected chi connectivity index (χ2v) is 6.47. The van der Waals surface area contributed by atoms with Crippen LogP contribution >= 0.6 is 0 Å². The third-order valence-electron chi connectivity index (χ3n) is 4.72. The number of nitrogens with zero attached hydrogens (tertiary/aromatic N) is 5. The standard InChI is InChI=1S/C21H12FN5O2/c22-16-7-3-13(4-8-16)18-12-15-2-1-11-23-19(15)26-20(24-25-21(18)26)14-5-9-17(10-6-14)27(28)29/h1-12H. The second-order valence-electron chi connectivity index (χ2n) is 6.47. The molecular formula is C21H12FN5O2. The highest BCUT2D eigenvalue weighted by atomic mass is 19.1. The Morgan fingerprint density at radius 3 is 2.34 bits per heavy atom. The van der Waals surface area contributed by atoms with Crippen LogP contribution in [0.1, 0.15) is 0 Å². The summed E-state index contributed by atoms with van der Waals surface area (Å²) in [7, 11) is 0. The molecule has 2 aromatic carbocycles. The van der Waals surface area contributed by atoms with Crippen molar-refractivity contribution in [2.45, 2.75) is 0 Å². The first-order valence-corrected chi connectivity index (χ1v) is 8.75. The summed E-state index contributed by atoms with van der Waals surface area (Å²) < 4.78 is 15.2. The number of hydrogen-bond donors (Lipinski definition) is 0.